The van der Waals surface area contributed by atoms with Crippen molar-refractivity contribution >= 4 is 0 Å². The normalized spacial score (nSPS) is 24.0. The highest BCUT2D eigenvalue weighted by Crippen LogP contribution is 2.22. The standard InChI is InChI=1S/C20H24O4/c21-20-19(23-14-17-9-5-2-6-10-17)12-11-18(24-20)15-22-13-16-7-3-1-4-8-16/h1-10,18-21H,11-15H2. The Morgan fingerprint density at radius 2 is 1.50 bits per heavy atom. The maximum Gasteiger partial charge on any atom is 0.181 e. The van der Waals surface area contributed by atoms with E-state index in [1.165, 1.54) is 0 Å². The molecule has 0 amide bonds. The minimum atomic E-state index is -0.896. The summed E-state index contributed by atoms with van der Waals surface area (Å²) in [4.78, 5) is 0. The number of aliphatic hydroxyl groups is 1. The van der Waals surface area contributed by atoms with Crippen LogP contribution in [0.5, 0.6) is 0 Å². The predicted molar refractivity (Wildman–Crippen MR) is 91.2 cm³/mol. The zero-order valence-electron chi connectivity index (χ0n) is 13.7. The van der Waals surface area contributed by atoms with Crippen LogP contribution >= 0.6 is 0 Å². The van der Waals surface area contributed by atoms with Crippen LogP contribution in [-0.2, 0) is 27.4 Å². The Morgan fingerprint density at radius 3 is 2.12 bits per heavy atom. The lowest BCUT2D eigenvalue weighted by atomic mass is 10.1. The fraction of sp³-hybridized carbons (Fsp3) is 0.400. The van der Waals surface area contributed by atoms with Crippen LogP contribution in [0.25, 0.3) is 0 Å². The van der Waals surface area contributed by atoms with Gasteiger partial charge in [0.05, 0.1) is 25.9 Å². The van der Waals surface area contributed by atoms with E-state index in [0.717, 1.165) is 24.0 Å². The maximum atomic E-state index is 10.1. The SMILES string of the molecule is OC1OC(COCc2ccccc2)CCC1OCc1ccccc1. The van der Waals surface area contributed by atoms with Crippen LogP contribution in [0.2, 0.25) is 0 Å². The van der Waals surface area contributed by atoms with Gasteiger partial charge < -0.3 is 19.3 Å². The van der Waals surface area contributed by atoms with Crippen LogP contribution in [0.1, 0.15) is 24.0 Å². The lowest BCUT2D eigenvalue weighted by molar-refractivity contribution is -0.239. The summed E-state index contributed by atoms with van der Waals surface area (Å²) in [7, 11) is 0. The fourth-order valence-corrected chi connectivity index (χ4v) is 2.79. The maximum absolute atomic E-state index is 10.1. The molecule has 0 bridgehead atoms. The number of rotatable bonds is 7. The molecule has 0 aromatic heterocycles. The molecule has 3 unspecified atom stereocenters. The molecule has 3 atom stereocenters. The van der Waals surface area contributed by atoms with E-state index in [2.05, 4.69) is 0 Å². The van der Waals surface area contributed by atoms with E-state index in [4.69, 9.17) is 14.2 Å². The van der Waals surface area contributed by atoms with E-state index >= 15 is 0 Å². The van der Waals surface area contributed by atoms with Gasteiger partial charge in [-0.15, -0.1) is 0 Å². The van der Waals surface area contributed by atoms with Gasteiger partial charge >= 0.3 is 0 Å². The average Bonchev–Trinajstić information content (AvgIpc) is 2.63. The molecule has 3 rings (SSSR count). The third-order valence-electron chi connectivity index (χ3n) is 4.15. The summed E-state index contributed by atoms with van der Waals surface area (Å²) in [5.74, 6) is 0. The van der Waals surface area contributed by atoms with Gasteiger partial charge in [-0.1, -0.05) is 60.7 Å². The summed E-state index contributed by atoms with van der Waals surface area (Å²) in [5, 5.41) is 10.1. The van der Waals surface area contributed by atoms with Crippen molar-refractivity contribution in [3.05, 3.63) is 71.8 Å². The van der Waals surface area contributed by atoms with E-state index in [1.807, 2.05) is 60.7 Å². The van der Waals surface area contributed by atoms with Crippen molar-refractivity contribution in [2.75, 3.05) is 6.61 Å². The summed E-state index contributed by atoms with van der Waals surface area (Å²) in [6.07, 6.45) is 0.335. The molecule has 0 radical (unpaired) electrons. The highest BCUT2D eigenvalue weighted by atomic mass is 16.6. The number of aliphatic hydroxyl groups excluding tert-OH is 1. The molecule has 1 fully saturated rings. The van der Waals surface area contributed by atoms with E-state index in [0.29, 0.717) is 19.8 Å². The Balaban J connectivity index is 1.37. The molecule has 128 valence electrons. The summed E-state index contributed by atoms with van der Waals surface area (Å²) in [6, 6.07) is 20.0. The van der Waals surface area contributed by atoms with Gasteiger partial charge in [-0.2, -0.15) is 0 Å². The van der Waals surface area contributed by atoms with Gasteiger partial charge in [-0.25, -0.2) is 0 Å². The molecule has 1 N–H and O–H groups in total. The van der Waals surface area contributed by atoms with Crippen LogP contribution in [-0.4, -0.2) is 30.2 Å². The van der Waals surface area contributed by atoms with Crippen LogP contribution in [0.15, 0.2) is 60.7 Å². The summed E-state index contributed by atoms with van der Waals surface area (Å²) in [5.41, 5.74) is 2.23. The number of ether oxygens (including phenoxy) is 3. The lowest BCUT2D eigenvalue weighted by Gasteiger charge is -2.33. The monoisotopic (exact) mass is 328 g/mol. The molecule has 24 heavy (non-hydrogen) atoms. The number of benzene rings is 2. The van der Waals surface area contributed by atoms with E-state index in [9.17, 15) is 5.11 Å². The van der Waals surface area contributed by atoms with Gasteiger partial charge in [0, 0.05) is 0 Å². The Morgan fingerprint density at radius 1 is 0.875 bits per heavy atom. The van der Waals surface area contributed by atoms with Crippen molar-refractivity contribution in [2.45, 2.75) is 44.6 Å². The van der Waals surface area contributed by atoms with Crippen molar-refractivity contribution in [2.24, 2.45) is 0 Å². The fourth-order valence-electron chi connectivity index (χ4n) is 2.79. The molecule has 4 nitrogen and oxygen atoms in total. The van der Waals surface area contributed by atoms with Crippen molar-refractivity contribution in [3.63, 3.8) is 0 Å². The van der Waals surface area contributed by atoms with Crippen molar-refractivity contribution < 1.29 is 19.3 Å². The average molecular weight is 328 g/mol. The van der Waals surface area contributed by atoms with Gasteiger partial charge in [0.2, 0.25) is 0 Å². The van der Waals surface area contributed by atoms with Gasteiger partial charge in [0.25, 0.3) is 0 Å². The Labute approximate surface area is 143 Å². The molecule has 1 saturated heterocycles. The molecule has 2 aromatic rings. The molecular weight excluding hydrogens is 304 g/mol. The van der Waals surface area contributed by atoms with E-state index in [1.54, 1.807) is 0 Å². The molecule has 4 heteroatoms. The molecule has 1 heterocycles. The first-order valence-electron chi connectivity index (χ1n) is 8.42. The molecule has 2 aromatic carbocycles. The molecule has 1 aliphatic rings. The van der Waals surface area contributed by atoms with Crippen LogP contribution in [0.3, 0.4) is 0 Å². The highest BCUT2D eigenvalue weighted by Gasteiger charge is 2.30. The van der Waals surface area contributed by atoms with Crippen molar-refractivity contribution in [3.8, 4) is 0 Å². The topological polar surface area (TPSA) is 47.9 Å². The van der Waals surface area contributed by atoms with Crippen LogP contribution < -0.4 is 0 Å². The zero-order chi connectivity index (χ0) is 16.6. The zero-order valence-corrected chi connectivity index (χ0v) is 13.7. The Hall–Kier alpha value is -1.72. The van der Waals surface area contributed by atoms with Crippen molar-refractivity contribution in [1.82, 2.24) is 0 Å². The van der Waals surface area contributed by atoms with Gasteiger partial charge in [-0.05, 0) is 24.0 Å². The molecule has 0 spiro atoms. The molecule has 0 saturated carbocycles. The van der Waals surface area contributed by atoms with Crippen LogP contribution in [0, 0.1) is 0 Å². The second-order valence-corrected chi connectivity index (χ2v) is 6.06. The summed E-state index contributed by atoms with van der Waals surface area (Å²) in [6.45, 7) is 1.53. The molecule has 0 aliphatic carbocycles. The number of hydrogen-bond donors (Lipinski definition) is 1. The van der Waals surface area contributed by atoms with E-state index in [-0.39, 0.29) is 12.2 Å². The lowest BCUT2D eigenvalue weighted by Crippen LogP contribution is -2.41. The van der Waals surface area contributed by atoms with Gasteiger partial charge in [-0.3, -0.25) is 0 Å². The quantitative estimate of drug-likeness (QED) is 0.847. The Bertz CT molecular complexity index is 587. The minimum Gasteiger partial charge on any atom is -0.374 e. The van der Waals surface area contributed by atoms with Crippen molar-refractivity contribution in [1.29, 1.82) is 0 Å². The van der Waals surface area contributed by atoms with E-state index < -0.39 is 6.29 Å². The van der Waals surface area contributed by atoms with Gasteiger partial charge in [0.1, 0.15) is 6.10 Å². The Kier molecular flexibility index (Phi) is 6.38. The predicted octanol–water partition coefficient (Wildman–Crippen LogP) is 3.29. The summed E-state index contributed by atoms with van der Waals surface area (Å²) < 4.78 is 17.1. The first-order valence-corrected chi connectivity index (χ1v) is 8.42. The second-order valence-electron chi connectivity index (χ2n) is 6.06. The number of hydrogen-bond acceptors (Lipinski definition) is 4. The third-order valence-corrected chi connectivity index (χ3v) is 4.15. The molecular formula is C20H24O4. The second kappa shape index (κ2) is 8.94. The summed E-state index contributed by atoms with van der Waals surface area (Å²) >= 11 is 0. The third kappa shape index (κ3) is 5.14. The highest BCUT2D eigenvalue weighted by molar-refractivity contribution is 5.14. The first-order chi connectivity index (χ1) is 11.8. The largest absolute Gasteiger partial charge is 0.374 e. The van der Waals surface area contributed by atoms with Gasteiger partial charge in [0.15, 0.2) is 6.29 Å². The molecule has 1 aliphatic heterocycles. The van der Waals surface area contributed by atoms with Crippen LogP contribution in [0.4, 0.5) is 0 Å². The first kappa shape index (κ1) is 17.1. The minimum absolute atomic E-state index is 0.0831. The smallest absolute Gasteiger partial charge is 0.181 e.